The van der Waals surface area contributed by atoms with Crippen molar-refractivity contribution in [2.24, 2.45) is 11.8 Å². The number of benzene rings is 2. The Morgan fingerprint density at radius 2 is 1.90 bits per heavy atom. The molecule has 210 valence electrons. The SMILES string of the molecule is COC(CCCNC(=O)c1ccccc1O)C1CCC(CCN2CCN(c3ccc(F)c(C#N)c3)CC2)CC1. The molecule has 1 saturated carbocycles. The van der Waals surface area contributed by atoms with E-state index in [0.29, 0.717) is 18.0 Å². The summed E-state index contributed by atoms with van der Waals surface area (Å²) in [6, 6.07) is 13.3. The van der Waals surface area contributed by atoms with Crippen LogP contribution in [0.25, 0.3) is 0 Å². The molecule has 0 radical (unpaired) electrons. The van der Waals surface area contributed by atoms with Crippen LogP contribution in [0.2, 0.25) is 0 Å². The molecule has 1 aliphatic carbocycles. The van der Waals surface area contributed by atoms with Crippen LogP contribution < -0.4 is 10.2 Å². The van der Waals surface area contributed by atoms with Crippen molar-refractivity contribution < 1.29 is 19.0 Å². The number of piperazine rings is 1. The van der Waals surface area contributed by atoms with Crippen LogP contribution in [0.15, 0.2) is 42.5 Å². The van der Waals surface area contributed by atoms with Gasteiger partial charge in [-0.1, -0.05) is 25.0 Å². The van der Waals surface area contributed by atoms with Crippen molar-refractivity contribution >= 4 is 11.6 Å². The van der Waals surface area contributed by atoms with Crippen molar-refractivity contribution in [1.82, 2.24) is 10.2 Å². The average molecular weight is 537 g/mol. The summed E-state index contributed by atoms with van der Waals surface area (Å²) in [7, 11) is 1.80. The number of phenols is 1. The van der Waals surface area contributed by atoms with Gasteiger partial charge in [-0.25, -0.2) is 4.39 Å². The molecule has 0 spiro atoms. The monoisotopic (exact) mass is 536 g/mol. The fraction of sp³-hybridized carbons (Fsp3) is 0.548. The van der Waals surface area contributed by atoms with Gasteiger partial charge in [0.15, 0.2) is 0 Å². The van der Waals surface area contributed by atoms with Crippen molar-refractivity contribution in [1.29, 1.82) is 5.26 Å². The van der Waals surface area contributed by atoms with E-state index in [0.717, 1.165) is 57.2 Å². The Kier molecular flexibility index (Phi) is 10.6. The van der Waals surface area contributed by atoms with E-state index in [1.54, 1.807) is 37.4 Å². The summed E-state index contributed by atoms with van der Waals surface area (Å²) in [6.07, 6.45) is 8.05. The number of amides is 1. The smallest absolute Gasteiger partial charge is 0.255 e. The van der Waals surface area contributed by atoms with Gasteiger partial charge in [0.1, 0.15) is 17.6 Å². The topological polar surface area (TPSA) is 88.8 Å². The number of rotatable bonds is 11. The first-order valence-electron chi connectivity index (χ1n) is 14.2. The quantitative estimate of drug-likeness (QED) is 0.395. The van der Waals surface area contributed by atoms with Crippen molar-refractivity contribution in [3.8, 4) is 11.8 Å². The maximum atomic E-state index is 13.6. The molecule has 1 saturated heterocycles. The molecule has 2 aromatic carbocycles. The van der Waals surface area contributed by atoms with Gasteiger partial charge in [0.25, 0.3) is 5.91 Å². The van der Waals surface area contributed by atoms with Crippen LogP contribution in [-0.2, 0) is 4.74 Å². The molecule has 8 heteroatoms. The summed E-state index contributed by atoms with van der Waals surface area (Å²) in [5, 5.41) is 21.9. The number of hydrogen-bond acceptors (Lipinski definition) is 6. The van der Waals surface area contributed by atoms with E-state index in [1.807, 2.05) is 6.07 Å². The van der Waals surface area contributed by atoms with Gasteiger partial charge in [-0.3, -0.25) is 9.69 Å². The van der Waals surface area contributed by atoms with Gasteiger partial charge in [-0.05, 0) is 80.8 Å². The lowest BCUT2D eigenvalue weighted by molar-refractivity contribution is 0.0212. The van der Waals surface area contributed by atoms with Crippen LogP contribution in [0.4, 0.5) is 10.1 Å². The lowest BCUT2D eigenvalue weighted by atomic mass is 9.77. The summed E-state index contributed by atoms with van der Waals surface area (Å²) < 4.78 is 19.5. The normalized spacial score (nSPS) is 20.8. The number of ether oxygens (including phenoxy) is 1. The number of methoxy groups -OCH3 is 1. The van der Waals surface area contributed by atoms with Gasteiger partial charge < -0.3 is 20.1 Å². The molecule has 2 N–H and O–H groups in total. The average Bonchev–Trinajstić information content (AvgIpc) is 2.97. The minimum absolute atomic E-state index is 0.00361. The van der Waals surface area contributed by atoms with Gasteiger partial charge >= 0.3 is 0 Å². The number of halogens is 1. The van der Waals surface area contributed by atoms with E-state index in [2.05, 4.69) is 15.1 Å². The minimum atomic E-state index is -0.458. The molecule has 2 aliphatic rings. The number of nitrogens with zero attached hydrogens (tertiary/aromatic N) is 3. The Hall–Kier alpha value is -3.15. The number of hydrogen-bond donors (Lipinski definition) is 2. The zero-order valence-electron chi connectivity index (χ0n) is 22.9. The van der Waals surface area contributed by atoms with Crippen LogP contribution in [-0.4, -0.2) is 68.4 Å². The molecular weight excluding hydrogens is 495 g/mol. The van der Waals surface area contributed by atoms with Crippen LogP contribution in [0.3, 0.4) is 0 Å². The highest BCUT2D eigenvalue weighted by molar-refractivity contribution is 5.96. The zero-order valence-corrected chi connectivity index (χ0v) is 22.9. The lowest BCUT2D eigenvalue weighted by Crippen LogP contribution is -2.47. The van der Waals surface area contributed by atoms with Gasteiger partial charge in [-0.2, -0.15) is 5.26 Å². The second-order valence-electron chi connectivity index (χ2n) is 10.9. The first-order chi connectivity index (χ1) is 19.0. The fourth-order valence-corrected chi connectivity index (χ4v) is 6.05. The molecule has 1 heterocycles. The molecule has 2 aromatic rings. The predicted octanol–water partition coefficient (Wildman–Crippen LogP) is 4.95. The highest BCUT2D eigenvalue weighted by atomic mass is 19.1. The number of anilines is 1. The van der Waals surface area contributed by atoms with Crippen molar-refractivity contribution in [3.63, 3.8) is 0 Å². The molecule has 1 amide bonds. The summed E-state index contributed by atoms with van der Waals surface area (Å²) in [6.45, 7) is 5.44. The molecule has 1 aliphatic heterocycles. The number of nitrogens with one attached hydrogen (secondary N) is 1. The fourth-order valence-electron chi connectivity index (χ4n) is 6.05. The maximum absolute atomic E-state index is 13.6. The second kappa shape index (κ2) is 14.3. The number of carbonyl (C=O) groups excluding carboxylic acids is 1. The van der Waals surface area contributed by atoms with E-state index in [9.17, 15) is 14.3 Å². The van der Waals surface area contributed by atoms with Crippen molar-refractivity contribution in [2.45, 2.75) is 51.0 Å². The largest absolute Gasteiger partial charge is 0.507 e. The summed E-state index contributed by atoms with van der Waals surface area (Å²) in [5.41, 5.74) is 1.34. The molecule has 4 rings (SSSR count). The van der Waals surface area contributed by atoms with Gasteiger partial charge in [0, 0.05) is 45.5 Å². The number of carbonyl (C=O) groups is 1. The van der Waals surface area contributed by atoms with Crippen LogP contribution in [0.5, 0.6) is 5.75 Å². The second-order valence-corrected chi connectivity index (χ2v) is 10.9. The summed E-state index contributed by atoms with van der Waals surface area (Å²) in [5.74, 6) is 0.625. The predicted molar refractivity (Wildman–Crippen MR) is 150 cm³/mol. The Morgan fingerprint density at radius 1 is 1.15 bits per heavy atom. The van der Waals surface area contributed by atoms with E-state index >= 15 is 0 Å². The summed E-state index contributed by atoms with van der Waals surface area (Å²) >= 11 is 0. The van der Waals surface area contributed by atoms with Gasteiger partial charge in [0.2, 0.25) is 0 Å². The van der Waals surface area contributed by atoms with E-state index in [1.165, 1.54) is 44.2 Å². The summed E-state index contributed by atoms with van der Waals surface area (Å²) in [4.78, 5) is 17.0. The third kappa shape index (κ3) is 7.93. The van der Waals surface area contributed by atoms with Crippen LogP contribution in [0, 0.1) is 29.0 Å². The molecule has 0 bridgehead atoms. The standard InChI is InChI=1S/C31H41FN4O3/c1-39-30(7-4-15-34-31(38)27-5-2-3-6-29(27)37)24-10-8-23(9-11-24)14-16-35-17-19-36(20-18-35)26-12-13-28(32)25(21-26)22-33/h2-3,5-6,12-13,21,23-24,30,37H,4,7-11,14-20H2,1H3,(H,34,38). The molecular formula is C31H41FN4O3. The highest BCUT2D eigenvalue weighted by Gasteiger charge is 2.28. The van der Waals surface area contributed by atoms with Crippen LogP contribution in [0.1, 0.15) is 60.9 Å². The van der Waals surface area contributed by atoms with E-state index < -0.39 is 5.82 Å². The minimum Gasteiger partial charge on any atom is -0.507 e. The third-order valence-corrected chi connectivity index (χ3v) is 8.48. The number of phenolic OH excluding ortho intramolecular Hbond substituents is 1. The maximum Gasteiger partial charge on any atom is 0.255 e. The zero-order chi connectivity index (χ0) is 27.6. The first kappa shape index (κ1) is 28.8. The van der Waals surface area contributed by atoms with Gasteiger partial charge in [-0.15, -0.1) is 0 Å². The van der Waals surface area contributed by atoms with E-state index in [-0.39, 0.29) is 23.3 Å². The van der Waals surface area contributed by atoms with E-state index in [4.69, 9.17) is 10.00 Å². The van der Waals surface area contributed by atoms with Crippen molar-refractivity contribution in [3.05, 3.63) is 59.4 Å². The highest BCUT2D eigenvalue weighted by Crippen LogP contribution is 2.35. The Balaban J connectivity index is 1.11. The Morgan fingerprint density at radius 3 is 2.59 bits per heavy atom. The third-order valence-electron chi connectivity index (χ3n) is 8.48. The number of nitriles is 1. The lowest BCUT2D eigenvalue weighted by Gasteiger charge is -2.38. The first-order valence-corrected chi connectivity index (χ1v) is 14.2. The number of aromatic hydroxyl groups is 1. The van der Waals surface area contributed by atoms with Crippen molar-refractivity contribution in [2.75, 3.05) is 51.3 Å². The Labute approximate surface area is 231 Å². The number of para-hydroxylation sites is 1. The molecule has 0 aromatic heterocycles. The Bertz CT molecular complexity index is 1120. The molecule has 1 atom stereocenters. The van der Waals surface area contributed by atoms with Gasteiger partial charge in [0.05, 0.1) is 17.2 Å². The molecule has 2 fully saturated rings. The van der Waals surface area contributed by atoms with Crippen LogP contribution >= 0.6 is 0 Å². The molecule has 1 unspecified atom stereocenters. The molecule has 7 nitrogen and oxygen atoms in total. The molecule has 39 heavy (non-hydrogen) atoms.